The molecule has 0 aliphatic carbocycles. The fourth-order valence-corrected chi connectivity index (χ4v) is 3.68. The molecule has 1 aromatic carbocycles. The summed E-state index contributed by atoms with van der Waals surface area (Å²) >= 11 is 3.44. The van der Waals surface area contributed by atoms with Crippen LogP contribution in [0.2, 0.25) is 0 Å². The van der Waals surface area contributed by atoms with E-state index >= 15 is 0 Å². The van der Waals surface area contributed by atoms with Crippen molar-refractivity contribution in [3.63, 3.8) is 0 Å². The van der Waals surface area contributed by atoms with Gasteiger partial charge >= 0.3 is 5.69 Å². The summed E-state index contributed by atoms with van der Waals surface area (Å²) in [5.41, 5.74) is 2.76. The number of aryl methyl sites for hydroxylation is 1. The van der Waals surface area contributed by atoms with Gasteiger partial charge in [-0.25, -0.2) is 4.79 Å². The molecule has 0 N–H and O–H groups in total. The van der Waals surface area contributed by atoms with E-state index in [9.17, 15) is 9.59 Å². The van der Waals surface area contributed by atoms with Crippen molar-refractivity contribution in [2.45, 2.75) is 13.2 Å². The highest BCUT2D eigenvalue weighted by Gasteiger charge is 2.26. The predicted molar refractivity (Wildman–Crippen MR) is 95.2 cm³/mol. The molecule has 2 aromatic heterocycles. The van der Waals surface area contributed by atoms with Gasteiger partial charge < -0.3 is 9.30 Å². The Morgan fingerprint density at radius 2 is 1.79 bits per heavy atom. The number of aromatic nitrogens is 3. The minimum Gasteiger partial charge on any atom is -0.373 e. The molecule has 3 aromatic rings. The SMILES string of the molecule is Cn1c(=O)c2c(-c3ccc(Br)cc3)n3c(c2n(C)c1=O)COCC3. The van der Waals surface area contributed by atoms with E-state index in [1.165, 1.54) is 7.05 Å². The minimum absolute atomic E-state index is 0.270. The molecule has 3 heterocycles. The van der Waals surface area contributed by atoms with Crippen LogP contribution in [0.3, 0.4) is 0 Å². The van der Waals surface area contributed by atoms with E-state index in [1.54, 1.807) is 11.6 Å². The number of halogens is 1. The third kappa shape index (κ3) is 2.04. The van der Waals surface area contributed by atoms with Crippen molar-refractivity contribution in [3.05, 3.63) is 55.3 Å². The Kier molecular flexibility index (Phi) is 3.51. The van der Waals surface area contributed by atoms with E-state index in [0.29, 0.717) is 30.7 Å². The van der Waals surface area contributed by atoms with Crippen LogP contribution in [0.5, 0.6) is 0 Å². The number of hydrogen-bond acceptors (Lipinski definition) is 3. The summed E-state index contributed by atoms with van der Waals surface area (Å²) in [4.78, 5) is 25.2. The van der Waals surface area contributed by atoms with Gasteiger partial charge in [0.05, 0.1) is 35.5 Å². The number of benzene rings is 1. The Hall–Kier alpha value is -2.12. The van der Waals surface area contributed by atoms with Crippen LogP contribution in [0.4, 0.5) is 0 Å². The summed E-state index contributed by atoms with van der Waals surface area (Å²) in [5.74, 6) is 0. The lowest BCUT2D eigenvalue weighted by Crippen LogP contribution is -2.36. The van der Waals surface area contributed by atoms with Crippen molar-refractivity contribution in [1.82, 2.24) is 13.7 Å². The van der Waals surface area contributed by atoms with Crippen molar-refractivity contribution in [3.8, 4) is 11.3 Å². The highest BCUT2D eigenvalue weighted by atomic mass is 79.9. The van der Waals surface area contributed by atoms with Crippen LogP contribution < -0.4 is 11.2 Å². The van der Waals surface area contributed by atoms with Crippen LogP contribution in [0.1, 0.15) is 5.69 Å². The summed E-state index contributed by atoms with van der Waals surface area (Å²) in [6, 6.07) is 7.86. The fourth-order valence-electron chi connectivity index (χ4n) is 3.42. The second-order valence-corrected chi connectivity index (χ2v) is 6.85. The molecular formula is C17H16BrN3O3. The molecule has 0 spiro atoms. The quantitative estimate of drug-likeness (QED) is 0.639. The average Bonchev–Trinajstić information content (AvgIpc) is 2.94. The molecule has 0 fully saturated rings. The Bertz CT molecular complexity index is 1070. The van der Waals surface area contributed by atoms with Gasteiger partial charge in [-0.2, -0.15) is 0 Å². The molecule has 0 atom stereocenters. The van der Waals surface area contributed by atoms with Gasteiger partial charge in [-0.15, -0.1) is 0 Å². The maximum Gasteiger partial charge on any atom is 0.331 e. The molecule has 1 aliphatic rings. The lowest BCUT2D eigenvalue weighted by atomic mass is 10.1. The summed E-state index contributed by atoms with van der Waals surface area (Å²) in [6.45, 7) is 1.64. The maximum atomic E-state index is 12.9. The third-order valence-electron chi connectivity index (χ3n) is 4.59. The molecule has 0 unspecified atom stereocenters. The second-order valence-electron chi connectivity index (χ2n) is 5.94. The van der Waals surface area contributed by atoms with Crippen LogP contribution in [0.15, 0.2) is 38.3 Å². The first-order chi connectivity index (χ1) is 11.5. The van der Waals surface area contributed by atoms with Gasteiger partial charge in [0.2, 0.25) is 0 Å². The van der Waals surface area contributed by atoms with Gasteiger partial charge in [-0.05, 0) is 17.7 Å². The van der Waals surface area contributed by atoms with Gasteiger partial charge in [0.25, 0.3) is 5.56 Å². The standard InChI is InChI=1S/C17H16BrN3O3/c1-19-15-12-9-24-8-7-21(12)14(10-3-5-11(18)6-4-10)13(15)16(22)20(2)17(19)23/h3-6H,7-9H2,1-2H3. The molecule has 124 valence electrons. The smallest absolute Gasteiger partial charge is 0.331 e. The second kappa shape index (κ2) is 5.46. The zero-order valence-corrected chi connectivity index (χ0v) is 15.0. The van der Waals surface area contributed by atoms with Crippen molar-refractivity contribution < 1.29 is 4.74 Å². The van der Waals surface area contributed by atoms with Gasteiger partial charge in [0.15, 0.2) is 0 Å². The van der Waals surface area contributed by atoms with Gasteiger partial charge in [-0.3, -0.25) is 13.9 Å². The van der Waals surface area contributed by atoms with Crippen LogP contribution >= 0.6 is 15.9 Å². The number of fused-ring (bicyclic) bond motifs is 3. The van der Waals surface area contributed by atoms with E-state index in [1.807, 2.05) is 24.3 Å². The summed E-state index contributed by atoms with van der Waals surface area (Å²) in [6.07, 6.45) is 0. The topological polar surface area (TPSA) is 58.2 Å². The average molecular weight is 390 g/mol. The third-order valence-corrected chi connectivity index (χ3v) is 5.11. The van der Waals surface area contributed by atoms with E-state index in [0.717, 1.165) is 26.0 Å². The van der Waals surface area contributed by atoms with Gasteiger partial charge in [0, 0.05) is 25.1 Å². The zero-order chi connectivity index (χ0) is 17.0. The lowest BCUT2D eigenvalue weighted by molar-refractivity contribution is 0.0864. The van der Waals surface area contributed by atoms with E-state index in [2.05, 4.69) is 20.5 Å². The van der Waals surface area contributed by atoms with Crippen molar-refractivity contribution >= 4 is 26.8 Å². The number of rotatable bonds is 1. The Balaban J connectivity index is 2.23. The molecule has 0 radical (unpaired) electrons. The van der Waals surface area contributed by atoms with Crippen molar-refractivity contribution in [2.24, 2.45) is 14.1 Å². The summed E-state index contributed by atoms with van der Waals surface area (Å²) in [5, 5.41) is 0.572. The van der Waals surface area contributed by atoms with Gasteiger partial charge in [0.1, 0.15) is 0 Å². The molecule has 24 heavy (non-hydrogen) atoms. The Morgan fingerprint density at radius 1 is 1.08 bits per heavy atom. The number of ether oxygens (including phenoxy) is 1. The Labute approximate surface area is 146 Å². The monoisotopic (exact) mass is 389 g/mol. The molecule has 6 nitrogen and oxygen atoms in total. The van der Waals surface area contributed by atoms with E-state index in [-0.39, 0.29) is 11.2 Å². The van der Waals surface area contributed by atoms with E-state index in [4.69, 9.17) is 4.74 Å². The normalized spacial score (nSPS) is 14.1. The Morgan fingerprint density at radius 3 is 2.50 bits per heavy atom. The first-order valence-electron chi connectivity index (χ1n) is 7.65. The number of hydrogen-bond donors (Lipinski definition) is 0. The minimum atomic E-state index is -0.325. The first kappa shape index (κ1) is 15.4. The fraction of sp³-hybridized carbons (Fsp3) is 0.294. The predicted octanol–water partition coefficient (Wildman–Crippen LogP) is 2.00. The first-order valence-corrected chi connectivity index (χ1v) is 8.44. The summed E-state index contributed by atoms with van der Waals surface area (Å²) in [7, 11) is 3.22. The molecule has 0 amide bonds. The van der Waals surface area contributed by atoms with Crippen LogP contribution in [-0.4, -0.2) is 20.3 Å². The molecular weight excluding hydrogens is 374 g/mol. The van der Waals surface area contributed by atoms with Crippen molar-refractivity contribution in [2.75, 3.05) is 6.61 Å². The largest absolute Gasteiger partial charge is 0.373 e. The van der Waals surface area contributed by atoms with Crippen LogP contribution in [0.25, 0.3) is 22.2 Å². The molecule has 0 saturated carbocycles. The molecule has 7 heteroatoms. The highest BCUT2D eigenvalue weighted by molar-refractivity contribution is 9.10. The van der Waals surface area contributed by atoms with Crippen LogP contribution in [-0.2, 0) is 32.0 Å². The number of nitrogens with zero attached hydrogens (tertiary/aromatic N) is 3. The van der Waals surface area contributed by atoms with E-state index < -0.39 is 0 Å². The highest BCUT2D eigenvalue weighted by Crippen LogP contribution is 2.33. The molecule has 4 rings (SSSR count). The van der Waals surface area contributed by atoms with Gasteiger partial charge in [-0.1, -0.05) is 28.1 Å². The summed E-state index contributed by atoms with van der Waals surface area (Å²) < 4.78 is 11.4. The maximum absolute atomic E-state index is 12.9. The zero-order valence-electron chi connectivity index (χ0n) is 13.4. The molecule has 0 saturated heterocycles. The van der Waals surface area contributed by atoms with Crippen molar-refractivity contribution in [1.29, 1.82) is 0 Å². The van der Waals surface area contributed by atoms with Crippen LogP contribution in [0, 0.1) is 0 Å². The molecule has 0 bridgehead atoms. The molecule has 1 aliphatic heterocycles. The lowest BCUT2D eigenvalue weighted by Gasteiger charge is -2.19.